The molecular weight excluding hydrogens is 426 g/mol. The number of benzene rings is 2. The predicted molar refractivity (Wildman–Crippen MR) is 132 cm³/mol. The van der Waals surface area contributed by atoms with Gasteiger partial charge in [-0.15, -0.1) is 11.3 Å². The molecule has 1 unspecified atom stereocenters. The summed E-state index contributed by atoms with van der Waals surface area (Å²) in [5.74, 6) is 0.860. The van der Waals surface area contributed by atoms with Crippen LogP contribution in [0.5, 0.6) is 5.75 Å². The van der Waals surface area contributed by atoms with Crippen LogP contribution in [0.1, 0.15) is 50.8 Å². The highest BCUT2D eigenvalue weighted by atomic mass is 35.5. The van der Waals surface area contributed by atoms with Gasteiger partial charge < -0.3 is 14.6 Å². The first-order valence-corrected chi connectivity index (χ1v) is 11.8. The topological polar surface area (TPSA) is 41.1 Å². The monoisotopic (exact) mass is 453 g/mol. The third kappa shape index (κ3) is 3.60. The van der Waals surface area contributed by atoms with Gasteiger partial charge in [-0.3, -0.25) is 0 Å². The van der Waals surface area contributed by atoms with Gasteiger partial charge in [-0.05, 0) is 47.9 Å². The number of ether oxygens (including phenoxy) is 1. The van der Waals surface area contributed by atoms with Crippen LogP contribution in [-0.2, 0) is 11.8 Å². The SMILES string of the molecule is COc1ccc(C2c3[nH]c4ccc(Cl)cc4c3CCN2c2nc(C(C)(C)C)cs2)cc1.[HH]. The number of nitrogens with one attached hydrogen (secondary N) is 1. The normalized spacial score (nSPS) is 16.5. The number of hydrogen-bond donors (Lipinski definition) is 1. The zero-order chi connectivity index (χ0) is 21.8. The van der Waals surface area contributed by atoms with Crippen molar-refractivity contribution in [3.8, 4) is 5.75 Å². The Hall–Kier alpha value is -2.50. The Morgan fingerprint density at radius 3 is 2.65 bits per heavy atom. The van der Waals surface area contributed by atoms with Gasteiger partial charge in [-0.1, -0.05) is 44.5 Å². The molecule has 3 heterocycles. The van der Waals surface area contributed by atoms with E-state index in [2.05, 4.69) is 60.3 Å². The van der Waals surface area contributed by atoms with Crippen molar-refractivity contribution in [2.24, 2.45) is 0 Å². The fourth-order valence-corrected chi connectivity index (χ4v) is 5.62. The fourth-order valence-electron chi connectivity index (χ4n) is 4.34. The molecule has 1 aliphatic rings. The van der Waals surface area contributed by atoms with Crippen LogP contribution in [0.3, 0.4) is 0 Å². The quantitative estimate of drug-likeness (QED) is 0.363. The third-order valence-electron chi connectivity index (χ3n) is 6.03. The van der Waals surface area contributed by atoms with E-state index in [1.165, 1.54) is 22.2 Å². The number of hydrogen-bond acceptors (Lipinski definition) is 4. The molecule has 31 heavy (non-hydrogen) atoms. The number of aromatic nitrogens is 2. The Kier molecular flexibility index (Phi) is 4.98. The van der Waals surface area contributed by atoms with E-state index >= 15 is 0 Å². The van der Waals surface area contributed by atoms with Crippen LogP contribution >= 0.6 is 22.9 Å². The van der Waals surface area contributed by atoms with Gasteiger partial charge >= 0.3 is 0 Å². The molecule has 162 valence electrons. The summed E-state index contributed by atoms with van der Waals surface area (Å²) in [6, 6.07) is 14.5. The zero-order valence-corrected chi connectivity index (χ0v) is 19.8. The van der Waals surface area contributed by atoms with Gasteiger partial charge in [0.25, 0.3) is 0 Å². The Morgan fingerprint density at radius 1 is 1.19 bits per heavy atom. The number of thiazole rings is 1. The van der Waals surface area contributed by atoms with Crippen LogP contribution in [0.2, 0.25) is 5.02 Å². The minimum atomic E-state index is 0. The van der Waals surface area contributed by atoms with E-state index in [1.54, 1.807) is 18.4 Å². The first-order valence-electron chi connectivity index (χ1n) is 10.5. The van der Waals surface area contributed by atoms with Gasteiger partial charge in [0, 0.05) is 40.4 Å². The molecule has 1 atom stereocenters. The van der Waals surface area contributed by atoms with Crippen molar-refractivity contribution in [3.05, 3.63) is 75.4 Å². The third-order valence-corrected chi connectivity index (χ3v) is 7.14. The van der Waals surface area contributed by atoms with E-state index in [9.17, 15) is 0 Å². The van der Waals surface area contributed by atoms with Gasteiger partial charge in [0.05, 0.1) is 18.8 Å². The molecule has 6 heteroatoms. The number of methoxy groups -OCH3 is 1. The highest BCUT2D eigenvalue weighted by Crippen LogP contribution is 2.43. The number of fused-ring (bicyclic) bond motifs is 3. The van der Waals surface area contributed by atoms with Crippen molar-refractivity contribution < 1.29 is 6.16 Å². The summed E-state index contributed by atoms with van der Waals surface area (Å²) in [5, 5.41) is 5.25. The standard InChI is InChI=1S/C25H26ClN3OS.H2/c1-25(2,3)21-14-31-24(28-21)29-12-11-18-19-13-16(26)7-10-20(19)27-22(18)23(29)15-5-8-17(30-4)9-6-15;/h5-10,13-14,23,27H,11-12H2,1-4H3;1H. The Labute approximate surface area is 193 Å². The molecule has 0 radical (unpaired) electrons. The van der Waals surface area contributed by atoms with Gasteiger partial charge in [0.15, 0.2) is 5.13 Å². The first kappa shape index (κ1) is 20.4. The summed E-state index contributed by atoms with van der Waals surface area (Å²) < 4.78 is 5.39. The fraction of sp³-hybridized carbons (Fsp3) is 0.320. The highest BCUT2D eigenvalue weighted by Gasteiger charge is 2.34. The molecule has 2 aromatic heterocycles. The maximum absolute atomic E-state index is 6.33. The first-order chi connectivity index (χ1) is 14.8. The average Bonchev–Trinajstić information content (AvgIpc) is 3.38. The van der Waals surface area contributed by atoms with Gasteiger partial charge in [-0.2, -0.15) is 0 Å². The second kappa shape index (κ2) is 7.57. The van der Waals surface area contributed by atoms with Crippen LogP contribution < -0.4 is 9.64 Å². The van der Waals surface area contributed by atoms with Crippen LogP contribution in [0, 0.1) is 0 Å². The van der Waals surface area contributed by atoms with Crippen molar-refractivity contribution in [2.45, 2.75) is 38.6 Å². The largest absolute Gasteiger partial charge is 0.497 e. The number of aromatic amines is 1. The maximum atomic E-state index is 6.33. The summed E-state index contributed by atoms with van der Waals surface area (Å²) >= 11 is 8.06. The van der Waals surface area contributed by atoms with Gasteiger partial charge in [-0.25, -0.2) is 4.98 Å². The molecule has 0 amide bonds. The summed E-state index contributed by atoms with van der Waals surface area (Å²) in [6.07, 6.45) is 0.951. The second-order valence-electron chi connectivity index (χ2n) is 9.09. The van der Waals surface area contributed by atoms with E-state index in [0.29, 0.717) is 0 Å². The number of halogens is 1. The molecular formula is C25H28ClN3OS. The van der Waals surface area contributed by atoms with Crippen molar-refractivity contribution in [3.63, 3.8) is 0 Å². The lowest BCUT2D eigenvalue weighted by atomic mass is 9.92. The summed E-state index contributed by atoms with van der Waals surface area (Å²) in [5.41, 5.74) is 6.08. The number of H-pyrrole nitrogens is 1. The van der Waals surface area contributed by atoms with E-state index in [0.717, 1.165) is 40.1 Å². The molecule has 0 spiro atoms. The van der Waals surface area contributed by atoms with E-state index in [1.807, 2.05) is 18.2 Å². The molecule has 1 N–H and O–H groups in total. The average molecular weight is 454 g/mol. The summed E-state index contributed by atoms with van der Waals surface area (Å²) in [6.45, 7) is 7.54. The number of anilines is 1. The van der Waals surface area contributed by atoms with Crippen molar-refractivity contribution in [2.75, 3.05) is 18.6 Å². The smallest absolute Gasteiger partial charge is 0.186 e. The van der Waals surface area contributed by atoms with Crippen LogP contribution in [-0.4, -0.2) is 23.6 Å². The molecule has 1 aliphatic heterocycles. The lowest BCUT2D eigenvalue weighted by Crippen LogP contribution is -2.36. The number of rotatable bonds is 3. The summed E-state index contributed by atoms with van der Waals surface area (Å²) in [4.78, 5) is 11.2. The molecule has 2 aromatic carbocycles. The summed E-state index contributed by atoms with van der Waals surface area (Å²) in [7, 11) is 1.70. The minimum Gasteiger partial charge on any atom is -0.497 e. The molecule has 0 saturated carbocycles. The van der Waals surface area contributed by atoms with Crippen molar-refractivity contribution in [1.29, 1.82) is 0 Å². The van der Waals surface area contributed by atoms with Crippen molar-refractivity contribution in [1.82, 2.24) is 9.97 Å². The van der Waals surface area contributed by atoms with Gasteiger partial charge in [0.2, 0.25) is 0 Å². The van der Waals surface area contributed by atoms with E-state index in [-0.39, 0.29) is 12.9 Å². The Morgan fingerprint density at radius 2 is 1.97 bits per heavy atom. The lowest BCUT2D eigenvalue weighted by molar-refractivity contribution is 0.414. The molecule has 0 fully saturated rings. The molecule has 5 rings (SSSR count). The van der Waals surface area contributed by atoms with E-state index < -0.39 is 0 Å². The minimum absolute atomic E-state index is 0. The van der Waals surface area contributed by atoms with Crippen molar-refractivity contribution >= 4 is 39.0 Å². The van der Waals surface area contributed by atoms with E-state index in [4.69, 9.17) is 21.3 Å². The Balaban J connectivity index is 0.00000245. The van der Waals surface area contributed by atoms with Crippen LogP contribution in [0.25, 0.3) is 10.9 Å². The highest BCUT2D eigenvalue weighted by molar-refractivity contribution is 7.13. The second-order valence-corrected chi connectivity index (χ2v) is 10.4. The predicted octanol–water partition coefficient (Wildman–Crippen LogP) is 6.98. The molecule has 0 saturated heterocycles. The lowest BCUT2D eigenvalue weighted by Gasteiger charge is -2.36. The molecule has 0 aliphatic carbocycles. The number of nitrogens with zero attached hydrogens (tertiary/aromatic N) is 2. The molecule has 4 nitrogen and oxygen atoms in total. The zero-order valence-electron chi connectivity index (χ0n) is 18.2. The maximum Gasteiger partial charge on any atom is 0.186 e. The molecule has 4 aromatic rings. The van der Waals surface area contributed by atoms with Gasteiger partial charge in [0.1, 0.15) is 5.75 Å². The van der Waals surface area contributed by atoms with Crippen LogP contribution in [0.15, 0.2) is 47.8 Å². The molecule has 0 bridgehead atoms. The van der Waals surface area contributed by atoms with Crippen LogP contribution in [0.4, 0.5) is 5.13 Å². The Bertz CT molecular complexity index is 1240.